The molecule has 0 aliphatic carbocycles. The fourth-order valence-electron chi connectivity index (χ4n) is 11.4. The Hall–Kier alpha value is -1.94. The lowest BCUT2D eigenvalue weighted by Gasteiger charge is -2.21. The number of aliphatic hydroxyl groups is 1. The summed E-state index contributed by atoms with van der Waals surface area (Å²) in [5.74, 6) is -2.13. The van der Waals surface area contributed by atoms with Gasteiger partial charge in [-0.25, -0.2) is 9.13 Å². The summed E-state index contributed by atoms with van der Waals surface area (Å²) in [5.41, 5.74) is 0. The van der Waals surface area contributed by atoms with E-state index in [4.69, 9.17) is 37.0 Å². The Kier molecular flexibility index (Phi) is 67.1. The Bertz CT molecular complexity index is 1770. The maximum Gasteiger partial charge on any atom is 0.472 e. The number of phosphoric ester groups is 2. The number of aliphatic hydroxyl groups excluding tert-OH is 1. The molecular formula is C74H144O17P2. The van der Waals surface area contributed by atoms with Crippen LogP contribution in [-0.4, -0.2) is 96.7 Å². The van der Waals surface area contributed by atoms with Gasteiger partial charge in [0.05, 0.1) is 26.4 Å². The highest BCUT2D eigenvalue weighted by Crippen LogP contribution is 2.45. The largest absolute Gasteiger partial charge is 0.472 e. The number of rotatable bonds is 75. The average Bonchev–Trinajstić information content (AvgIpc) is 3.73. The first kappa shape index (κ1) is 91.1. The molecule has 0 fully saturated rings. The van der Waals surface area contributed by atoms with E-state index in [9.17, 15) is 43.2 Å². The van der Waals surface area contributed by atoms with Gasteiger partial charge in [0.15, 0.2) is 12.2 Å². The molecular weight excluding hydrogens is 1220 g/mol. The van der Waals surface area contributed by atoms with Crippen molar-refractivity contribution in [2.75, 3.05) is 39.6 Å². The van der Waals surface area contributed by atoms with Crippen molar-refractivity contribution in [2.45, 2.75) is 412 Å². The third-order valence-electron chi connectivity index (χ3n) is 17.4. The maximum absolute atomic E-state index is 13.1. The molecule has 0 saturated carbocycles. The lowest BCUT2D eigenvalue weighted by molar-refractivity contribution is -0.161. The highest BCUT2D eigenvalue weighted by Gasteiger charge is 2.30. The number of hydrogen-bond donors (Lipinski definition) is 3. The molecule has 0 rings (SSSR count). The molecule has 0 bridgehead atoms. The molecule has 5 atom stereocenters. The third kappa shape index (κ3) is 68.4. The SMILES string of the molecule is CCCCCCCCCCCCCCCCCCCCCCC(=O)O[C@H](COC(=O)CCCCCCCCCCCCCCCC)COP(=O)(O)OC[C@@H](O)COP(=O)(O)OC[C@@H](COC(=O)CCCCCCC)OC(=O)CCCCCCCCCCCCCCCC. The standard InChI is InChI=1S/C74H144O17P2/c1-5-9-13-17-20-23-26-29-32-33-34-35-36-37-40-43-46-49-53-57-61-74(79)91-70(65-85-72(77)59-55-51-47-44-41-38-30-27-24-21-18-14-10-6-2)67-89-93(82,83)87-63-68(75)62-86-92(80,81)88-66-69(64-84-71(76)58-54-50-16-12-8-4)90-73(78)60-56-52-48-45-42-39-31-28-25-22-19-15-11-7-3/h68-70,75H,5-67H2,1-4H3,(H,80,81)(H,82,83)/t68-,69+,70+/m0/s1. The van der Waals surface area contributed by atoms with E-state index in [1.807, 2.05) is 0 Å². The summed E-state index contributed by atoms with van der Waals surface area (Å²) in [4.78, 5) is 72.4. The molecule has 0 spiro atoms. The first-order valence-electron chi connectivity index (χ1n) is 38.8. The van der Waals surface area contributed by atoms with E-state index in [0.29, 0.717) is 25.7 Å². The predicted octanol–water partition coefficient (Wildman–Crippen LogP) is 21.8. The minimum atomic E-state index is -4.95. The number of hydrogen-bond acceptors (Lipinski definition) is 15. The molecule has 552 valence electrons. The Morgan fingerprint density at radius 1 is 0.258 bits per heavy atom. The first-order valence-corrected chi connectivity index (χ1v) is 41.8. The van der Waals surface area contributed by atoms with Gasteiger partial charge in [0, 0.05) is 25.7 Å². The molecule has 2 unspecified atom stereocenters. The van der Waals surface area contributed by atoms with Crippen LogP contribution in [0.5, 0.6) is 0 Å². The second-order valence-corrected chi connectivity index (χ2v) is 29.6. The minimum Gasteiger partial charge on any atom is -0.462 e. The summed E-state index contributed by atoms with van der Waals surface area (Å²) >= 11 is 0. The van der Waals surface area contributed by atoms with Crippen LogP contribution in [0.3, 0.4) is 0 Å². The summed E-state index contributed by atoms with van der Waals surface area (Å²) in [5, 5.41) is 10.6. The number of carbonyl (C=O) groups excluding carboxylic acids is 4. The van der Waals surface area contributed by atoms with E-state index in [1.165, 1.54) is 218 Å². The normalized spacial score (nSPS) is 13.9. The van der Waals surface area contributed by atoms with E-state index < -0.39 is 97.5 Å². The highest BCUT2D eigenvalue weighted by atomic mass is 31.2. The van der Waals surface area contributed by atoms with Crippen LogP contribution in [0.25, 0.3) is 0 Å². The predicted molar refractivity (Wildman–Crippen MR) is 377 cm³/mol. The van der Waals surface area contributed by atoms with Gasteiger partial charge in [-0.05, 0) is 25.7 Å². The second-order valence-electron chi connectivity index (χ2n) is 26.7. The van der Waals surface area contributed by atoms with Gasteiger partial charge < -0.3 is 33.8 Å². The van der Waals surface area contributed by atoms with Crippen LogP contribution in [0, 0.1) is 0 Å². The van der Waals surface area contributed by atoms with E-state index in [0.717, 1.165) is 96.3 Å². The number of unbranched alkanes of at least 4 members (excludes halogenated alkanes) is 49. The van der Waals surface area contributed by atoms with Crippen LogP contribution in [0.4, 0.5) is 0 Å². The quantitative estimate of drug-likeness (QED) is 0.0222. The van der Waals surface area contributed by atoms with Crippen LogP contribution >= 0.6 is 15.6 Å². The van der Waals surface area contributed by atoms with Crippen molar-refractivity contribution in [2.24, 2.45) is 0 Å². The van der Waals surface area contributed by atoms with Crippen molar-refractivity contribution in [3.8, 4) is 0 Å². The fraction of sp³-hybridized carbons (Fsp3) is 0.946. The third-order valence-corrected chi connectivity index (χ3v) is 19.3. The van der Waals surface area contributed by atoms with Gasteiger partial charge in [-0.2, -0.15) is 0 Å². The lowest BCUT2D eigenvalue weighted by Crippen LogP contribution is -2.30. The van der Waals surface area contributed by atoms with Gasteiger partial charge in [-0.3, -0.25) is 37.3 Å². The van der Waals surface area contributed by atoms with Crippen molar-refractivity contribution in [3.05, 3.63) is 0 Å². The van der Waals surface area contributed by atoms with E-state index in [-0.39, 0.29) is 25.7 Å². The summed E-state index contributed by atoms with van der Waals surface area (Å²) in [7, 11) is -9.89. The maximum atomic E-state index is 13.1. The van der Waals surface area contributed by atoms with Gasteiger partial charge in [-0.1, -0.05) is 342 Å². The summed E-state index contributed by atoms with van der Waals surface area (Å²) in [6, 6.07) is 0. The molecule has 3 N–H and O–H groups in total. The first-order chi connectivity index (χ1) is 45.2. The molecule has 19 heteroatoms. The zero-order chi connectivity index (χ0) is 68.2. The second kappa shape index (κ2) is 68.6. The van der Waals surface area contributed by atoms with E-state index >= 15 is 0 Å². The zero-order valence-electron chi connectivity index (χ0n) is 60.2. The lowest BCUT2D eigenvalue weighted by atomic mass is 10.0. The molecule has 0 amide bonds. The molecule has 0 radical (unpaired) electrons. The topological polar surface area (TPSA) is 237 Å². The molecule has 0 aliphatic heterocycles. The molecule has 0 heterocycles. The van der Waals surface area contributed by atoms with Gasteiger partial charge in [0.25, 0.3) is 0 Å². The van der Waals surface area contributed by atoms with Crippen LogP contribution in [0.15, 0.2) is 0 Å². The molecule has 17 nitrogen and oxygen atoms in total. The fourth-order valence-corrected chi connectivity index (χ4v) is 13.0. The smallest absolute Gasteiger partial charge is 0.462 e. The molecule has 0 saturated heterocycles. The van der Waals surface area contributed by atoms with Gasteiger partial charge in [0.2, 0.25) is 0 Å². The van der Waals surface area contributed by atoms with Gasteiger partial charge in [0.1, 0.15) is 19.3 Å². The van der Waals surface area contributed by atoms with Crippen molar-refractivity contribution < 1.29 is 80.2 Å². The van der Waals surface area contributed by atoms with E-state index in [1.54, 1.807) is 0 Å². The van der Waals surface area contributed by atoms with E-state index in [2.05, 4.69) is 27.7 Å². The van der Waals surface area contributed by atoms with Crippen LogP contribution in [0.2, 0.25) is 0 Å². The molecule has 0 aromatic heterocycles. The molecule has 0 aromatic carbocycles. The van der Waals surface area contributed by atoms with Crippen molar-refractivity contribution in [1.82, 2.24) is 0 Å². The number of phosphoric acid groups is 2. The Labute approximate surface area is 568 Å². The zero-order valence-corrected chi connectivity index (χ0v) is 62.0. The number of carbonyl (C=O) groups is 4. The average molecular weight is 1370 g/mol. The Balaban J connectivity index is 5.12. The number of ether oxygens (including phenoxy) is 4. The van der Waals surface area contributed by atoms with Crippen LogP contribution in [-0.2, 0) is 65.4 Å². The minimum absolute atomic E-state index is 0.107. The monoisotopic (exact) mass is 1370 g/mol. The van der Waals surface area contributed by atoms with Crippen molar-refractivity contribution in [1.29, 1.82) is 0 Å². The summed E-state index contributed by atoms with van der Waals surface area (Å²) in [6.45, 7) is 4.89. The highest BCUT2D eigenvalue weighted by molar-refractivity contribution is 7.47. The van der Waals surface area contributed by atoms with Crippen molar-refractivity contribution in [3.63, 3.8) is 0 Å². The van der Waals surface area contributed by atoms with Gasteiger partial charge in [-0.15, -0.1) is 0 Å². The van der Waals surface area contributed by atoms with Crippen LogP contribution in [0.1, 0.15) is 394 Å². The summed E-state index contributed by atoms with van der Waals surface area (Å²) < 4.78 is 68.2. The Morgan fingerprint density at radius 3 is 0.634 bits per heavy atom. The van der Waals surface area contributed by atoms with Crippen LogP contribution < -0.4 is 0 Å². The Morgan fingerprint density at radius 2 is 0.430 bits per heavy atom. The summed E-state index contributed by atoms with van der Waals surface area (Å²) in [6.07, 6.45) is 58.7. The molecule has 0 aromatic rings. The van der Waals surface area contributed by atoms with Crippen molar-refractivity contribution >= 4 is 39.5 Å². The number of esters is 4. The molecule has 93 heavy (non-hydrogen) atoms. The molecule has 0 aliphatic rings. The van der Waals surface area contributed by atoms with Gasteiger partial charge >= 0.3 is 39.5 Å².